The molecule has 0 aliphatic heterocycles. The third-order valence-electron chi connectivity index (χ3n) is 2.65. The second kappa shape index (κ2) is 6.72. The van der Waals surface area contributed by atoms with Gasteiger partial charge in [0.15, 0.2) is 0 Å². The van der Waals surface area contributed by atoms with Crippen LogP contribution in [0.5, 0.6) is 0 Å². The summed E-state index contributed by atoms with van der Waals surface area (Å²) in [6.45, 7) is 3.87. The van der Waals surface area contributed by atoms with Gasteiger partial charge >= 0.3 is 0 Å². The number of carbonyl (C=O) groups excluding carboxylic acids is 1. The van der Waals surface area contributed by atoms with Crippen LogP contribution in [-0.2, 0) is 13.8 Å². The van der Waals surface area contributed by atoms with Gasteiger partial charge in [0, 0.05) is 21.1 Å². The molecule has 1 aromatic rings. The molecule has 0 aliphatic carbocycles. The Bertz CT molecular complexity index is 574. The number of anilines is 1. The average Bonchev–Trinajstić information content (AvgIpc) is 2.30. The Labute approximate surface area is 126 Å². The highest BCUT2D eigenvalue weighted by Crippen LogP contribution is 2.27. The van der Waals surface area contributed by atoms with Crippen LogP contribution in [0, 0.1) is 5.92 Å². The summed E-state index contributed by atoms with van der Waals surface area (Å²) in [6, 6.07) is 4.23. The molecule has 1 atom stereocenters. The van der Waals surface area contributed by atoms with Crippen LogP contribution in [0.4, 0.5) is 5.69 Å². The molecule has 0 bridgehead atoms. The first-order valence-electron chi connectivity index (χ1n) is 5.80. The van der Waals surface area contributed by atoms with Crippen LogP contribution in [0.25, 0.3) is 0 Å². The fourth-order valence-corrected chi connectivity index (χ4v) is 2.98. The Morgan fingerprint density at radius 2 is 2.11 bits per heavy atom. The minimum Gasteiger partial charge on any atom is -0.325 e. The lowest BCUT2D eigenvalue weighted by molar-refractivity contribution is -0.119. The molecule has 0 radical (unpaired) electrons. The molecule has 1 rings (SSSR count). The van der Waals surface area contributed by atoms with Gasteiger partial charge in [0.05, 0.1) is 10.6 Å². The van der Waals surface area contributed by atoms with Crippen LogP contribution in [0.15, 0.2) is 27.6 Å². The molecule has 1 N–H and O–H groups in total. The summed E-state index contributed by atoms with van der Waals surface area (Å²) in [6.07, 6.45) is 1.73. The Hall–Kier alpha value is -0.590. The van der Waals surface area contributed by atoms with Crippen molar-refractivity contribution in [2.45, 2.75) is 31.6 Å². The predicted octanol–water partition coefficient (Wildman–Crippen LogP) is 3.75. The van der Waals surface area contributed by atoms with Crippen molar-refractivity contribution in [2.24, 2.45) is 5.92 Å². The standard InChI is InChI=1S/C12H15BrClNO3S/c1-3-4-8(2)12(16)15-11-6-5-9(7-10(11)13)19(14,17)18/h5-8H,3-4H2,1-2H3,(H,15,16). The van der Waals surface area contributed by atoms with Crippen molar-refractivity contribution in [1.82, 2.24) is 0 Å². The van der Waals surface area contributed by atoms with Crippen LogP contribution in [0.3, 0.4) is 0 Å². The number of carbonyl (C=O) groups is 1. The summed E-state index contributed by atoms with van der Waals surface area (Å²) >= 11 is 3.22. The van der Waals surface area contributed by atoms with Gasteiger partial charge in [-0.1, -0.05) is 20.3 Å². The third kappa shape index (κ3) is 4.78. The highest BCUT2D eigenvalue weighted by Gasteiger charge is 2.15. The molecule has 106 valence electrons. The molecule has 0 saturated heterocycles. The molecule has 1 aromatic carbocycles. The lowest BCUT2D eigenvalue weighted by Crippen LogP contribution is -2.20. The van der Waals surface area contributed by atoms with E-state index in [4.69, 9.17) is 10.7 Å². The maximum absolute atomic E-state index is 11.9. The van der Waals surface area contributed by atoms with E-state index in [-0.39, 0.29) is 16.7 Å². The number of hydrogen-bond donors (Lipinski definition) is 1. The van der Waals surface area contributed by atoms with Gasteiger partial charge < -0.3 is 5.32 Å². The van der Waals surface area contributed by atoms with Crippen molar-refractivity contribution in [3.8, 4) is 0 Å². The summed E-state index contributed by atoms with van der Waals surface area (Å²) in [7, 11) is 1.48. The third-order valence-corrected chi connectivity index (χ3v) is 4.66. The first-order chi connectivity index (χ1) is 8.75. The predicted molar refractivity (Wildman–Crippen MR) is 79.9 cm³/mol. The average molecular weight is 369 g/mol. The Morgan fingerprint density at radius 3 is 2.58 bits per heavy atom. The summed E-state index contributed by atoms with van der Waals surface area (Å²) in [5.74, 6) is -0.183. The van der Waals surface area contributed by atoms with E-state index in [0.29, 0.717) is 10.2 Å². The minimum atomic E-state index is -3.77. The summed E-state index contributed by atoms with van der Waals surface area (Å²) in [5, 5.41) is 2.75. The monoisotopic (exact) mass is 367 g/mol. The van der Waals surface area contributed by atoms with Crippen molar-refractivity contribution in [1.29, 1.82) is 0 Å². The van der Waals surface area contributed by atoms with Gasteiger partial charge in [-0.05, 0) is 40.5 Å². The molecule has 7 heteroatoms. The van der Waals surface area contributed by atoms with Crippen LogP contribution in [0.2, 0.25) is 0 Å². The van der Waals surface area contributed by atoms with Crippen LogP contribution in [0.1, 0.15) is 26.7 Å². The summed E-state index contributed by atoms with van der Waals surface area (Å²) < 4.78 is 22.8. The molecule has 1 unspecified atom stereocenters. The number of rotatable bonds is 5. The van der Waals surface area contributed by atoms with Crippen LogP contribution >= 0.6 is 26.6 Å². The molecule has 0 aliphatic rings. The van der Waals surface area contributed by atoms with Crippen molar-refractivity contribution in [2.75, 3.05) is 5.32 Å². The van der Waals surface area contributed by atoms with E-state index in [1.165, 1.54) is 18.2 Å². The van der Waals surface area contributed by atoms with Crippen molar-refractivity contribution >= 4 is 47.3 Å². The van der Waals surface area contributed by atoms with Gasteiger partial charge in [0.1, 0.15) is 0 Å². The Kier molecular flexibility index (Phi) is 5.82. The second-order valence-corrected chi connectivity index (χ2v) is 7.68. The summed E-state index contributed by atoms with van der Waals surface area (Å²) in [4.78, 5) is 11.8. The first kappa shape index (κ1) is 16.5. The maximum atomic E-state index is 11.9. The summed E-state index contributed by atoms with van der Waals surface area (Å²) in [5.41, 5.74) is 0.525. The minimum absolute atomic E-state index is 0.0133. The second-order valence-electron chi connectivity index (χ2n) is 4.26. The molecular weight excluding hydrogens is 354 g/mol. The topological polar surface area (TPSA) is 63.2 Å². The zero-order valence-electron chi connectivity index (χ0n) is 10.6. The van der Waals surface area contributed by atoms with Crippen LogP contribution < -0.4 is 5.32 Å². The normalized spacial score (nSPS) is 13.1. The molecule has 19 heavy (non-hydrogen) atoms. The molecular formula is C12H15BrClNO3S. The van der Waals surface area contributed by atoms with Crippen LogP contribution in [-0.4, -0.2) is 14.3 Å². The maximum Gasteiger partial charge on any atom is 0.261 e. The fourth-order valence-electron chi connectivity index (χ4n) is 1.57. The fraction of sp³-hybridized carbons (Fsp3) is 0.417. The van der Waals surface area contributed by atoms with Crippen molar-refractivity contribution in [3.05, 3.63) is 22.7 Å². The van der Waals surface area contributed by atoms with Gasteiger partial charge in [-0.15, -0.1) is 0 Å². The highest BCUT2D eigenvalue weighted by atomic mass is 79.9. The van der Waals surface area contributed by atoms with E-state index in [1.54, 1.807) is 0 Å². The first-order valence-corrected chi connectivity index (χ1v) is 8.91. The number of nitrogens with one attached hydrogen (secondary N) is 1. The lowest BCUT2D eigenvalue weighted by atomic mass is 10.1. The number of amides is 1. The number of halogens is 2. The van der Waals surface area contributed by atoms with E-state index in [9.17, 15) is 13.2 Å². The van der Waals surface area contributed by atoms with Gasteiger partial charge in [-0.3, -0.25) is 4.79 Å². The van der Waals surface area contributed by atoms with E-state index >= 15 is 0 Å². The van der Waals surface area contributed by atoms with Gasteiger partial charge in [0.2, 0.25) is 5.91 Å². The smallest absolute Gasteiger partial charge is 0.261 e. The molecule has 0 spiro atoms. The van der Waals surface area contributed by atoms with E-state index in [2.05, 4.69) is 21.2 Å². The quantitative estimate of drug-likeness (QED) is 0.805. The van der Waals surface area contributed by atoms with E-state index in [0.717, 1.165) is 12.8 Å². The molecule has 4 nitrogen and oxygen atoms in total. The van der Waals surface area contributed by atoms with Crippen molar-refractivity contribution in [3.63, 3.8) is 0 Å². The number of hydrogen-bond acceptors (Lipinski definition) is 3. The molecule has 0 fully saturated rings. The highest BCUT2D eigenvalue weighted by molar-refractivity contribution is 9.10. The number of benzene rings is 1. The van der Waals surface area contributed by atoms with Gasteiger partial charge in [0.25, 0.3) is 9.05 Å². The van der Waals surface area contributed by atoms with Gasteiger partial charge in [-0.2, -0.15) is 0 Å². The molecule has 0 saturated carbocycles. The molecule has 1 amide bonds. The molecule has 0 aromatic heterocycles. The Morgan fingerprint density at radius 1 is 1.47 bits per heavy atom. The van der Waals surface area contributed by atoms with Gasteiger partial charge in [-0.25, -0.2) is 8.42 Å². The van der Waals surface area contributed by atoms with Crippen molar-refractivity contribution < 1.29 is 13.2 Å². The largest absolute Gasteiger partial charge is 0.325 e. The van der Waals surface area contributed by atoms with E-state index < -0.39 is 9.05 Å². The molecule has 0 heterocycles. The SMILES string of the molecule is CCCC(C)C(=O)Nc1ccc(S(=O)(=O)Cl)cc1Br. The Balaban J connectivity index is 2.90. The lowest BCUT2D eigenvalue weighted by Gasteiger charge is -2.12. The zero-order chi connectivity index (χ0) is 14.6. The zero-order valence-corrected chi connectivity index (χ0v) is 13.8. The van der Waals surface area contributed by atoms with E-state index in [1.807, 2.05) is 13.8 Å².